The molecular weight excluding hydrogens is 358 g/mol. The number of carbonyl (C=O) groups excluding carboxylic acids is 2. The number of ether oxygens (including phenoxy) is 2. The van der Waals surface area contributed by atoms with Crippen molar-refractivity contribution >= 4 is 34.1 Å². The van der Waals surface area contributed by atoms with E-state index < -0.39 is 0 Å². The summed E-state index contributed by atoms with van der Waals surface area (Å²) in [6.45, 7) is 2.63. The number of anilines is 2. The molecule has 10 heteroatoms. The van der Waals surface area contributed by atoms with Crippen LogP contribution < -0.4 is 19.7 Å². The third kappa shape index (κ3) is 3.69. The highest BCUT2D eigenvalue weighted by Crippen LogP contribution is 2.34. The van der Waals surface area contributed by atoms with Gasteiger partial charge in [0, 0.05) is 19.2 Å². The fourth-order valence-corrected chi connectivity index (χ4v) is 3.25. The number of aryl methyl sites for hydroxylation is 1. The molecule has 0 spiro atoms. The van der Waals surface area contributed by atoms with E-state index in [-0.39, 0.29) is 18.5 Å². The van der Waals surface area contributed by atoms with Gasteiger partial charge in [-0.3, -0.25) is 15.0 Å². The number of nitrogens with zero attached hydrogens (tertiary/aromatic N) is 4. The molecule has 0 saturated carbocycles. The van der Waals surface area contributed by atoms with Crippen LogP contribution in [0.3, 0.4) is 0 Å². The maximum atomic E-state index is 12.7. The van der Waals surface area contributed by atoms with Crippen LogP contribution in [0.15, 0.2) is 18.2 Å². The minimum atomic E-state index is -0.311. The average Bonchev–Trinajstić information content (AvgIpc) is 3.20. The van der Waals surface area contributed by atoms with E-state index in [0.29, 0.717) is 35.4 Å². The Bertz CT molecular complexity index is 825. The zero-order valence-electron chi connectivity index (χ0n) is 14.7. The second-order valence-electron chi connectivity index (χ2n) is 5.57. The summed E-state index contributed by atoms with van der Waals surface area (Å²) in [5, 5.41) is 11.5. The van der Waals surface area contributed by atoms with E-state index >= 15 is 0 Å². The molecule has 3 amide bonds. The fourth-order valence-electron chi connectivity index (χ4n) is 2.64. The molecule has 1 fully saturated rings. The largest absolute Gasteiger partial charge is 0.497 e. The second-order valence-corrected chi connectivity index (χ2v) is 6.75. The summed E-state index contributed by atoms with van der Waals surface area (Å²) in [6.07, 6.45) is 0. The van der Waals surface area contributed by atoms with Gasteiger partial charge in [0.2, 0.25) is 11.0 Å². The zero-order chi connectivity index (χ0) is 18.7. The molecule has 0 bridgehead atoms. The molecule has 2 heterocycles. The molecule has 0 unspecified atom stereocenters. The second kappa shape index (κ2) is 7.56. The maximum Gasteiger partial charge on any atom is 0.325 e. The number of carbonyl (C=O) groups is 2. The summed E-state index contributed by atoms with van der Waals surface area (Å²) in [6, 6.07) is 4.98. The minimum absolute atomic E-state index is 0.0553. The molecule has 2 aromatic rings. The number of benzene rings is 1. The van der Waals surface area contributed by atoms with Crippen molar-refractivity contribution in [1.82, 2.24) is 15.1 Å². The molecule has 0 radical (unpaired) electrons. The number of urea groups is 1. The monoisotopic (exact) mass is 377 g/mol. The van der Waals surface area contributed by atoms with E-state index in [4.69, 9.17) is 9.47 Å². The summed E-state index contributed by atoms with van der Waals surface area (Å²) in [5.41, 5.74) is 0.611. The molecular formula is C16H19N5O4S. The van der Waals surface area contributed by atoms with Gasteiger partial charge in [0.05, 0.1) is 19.9 Å². The number of methoxy groups -OCH3 is 2. The molecule has 1 aromatic heterocycles. The van der Waals surface area contributed by atoms with Gasteiger partial charge in [0.15, 0.2) is 0 Å². The lowest BCUT2D eigenvalue weighted by atomic mass is 10.2. The van der Waals surface area contributed by atoms with Crippen LogP contribution in [-0.2, 0) is 4.79 Å². The topological polar surface area (TPSA) is 96.9 Å². The molecule has 1 aliphatic rings. The molecule has 1 N–H and O–H groups in total. The number of aromatic nitrogens is 2. The van der Waals surface area contributed by atoms with Gasteiger partial charge >= 0.3 is 6.03 Å². The maximum absolute atomic E-state index is 12.7. The van der Waals surface area contributed by atoms with Crippen molar-refractivity contribution in [2.45, 2.75) is 6.92 Å². The van der Waals surface area contributed by atoms with Crippen LogP contribution in [0.1, 0.15) is 5.01 Å². The first-order valence-electron chi connectivity index (χ1n) is 7.90. The van der Waals surface area contributed by atoms with Crippen molar-refractivity contribution in [2.75, 3.05) is 44.1 Å². The highest BCUT2D eigenvalue weighted by molar-refractivity contribution is 7.15. The number of amides is 3. The van der Waals surface area contributed by atoms with Crippen LogP contribution in [0.5, 0.6) is 11.5 Å². The molecule has 26 heavy (non-hydrogen) atoms. The van der Waals surface area contributed by atoms with Gasteiger partial charge in [-0.05, 0) is 19.1 Å². The van der Waals surface area contributed by atoms with Gasteiger partial charge in [0.25, 0.3) is 0 Å². The first-order chi connectivity index (χ1) is 12.5. The Morgan fingerprint density at radius 3 is 2.73 bits per heavy atom. The van der Waals surface area contributed by atoms with E-state index in [2.05, 4.69) is 15.5 Å². The Morgan fingerprint density at radius 2 is 2.08 bits per heavy atom. The molecule has 1 aliphatic heterocycles. The smallest absolute Gasteiger partial charge is 0.325 e. The highest BCUT2D eigenvalue weighted by atomic mass is 32.1. The van der Waals surface area contributed by atoms with E-state index in [1.165, 1.54) is 16.2 Å². The van der Waals surface area contributed by atoms with Gasteiger partial charge < -0.3 is 14.4 Å². The number of hydrogen-bond acceptors (Lipinski definition) is 7. The number of rotatable bonds is 6. The third-order valence-corrected chi connectivity index (χ3v) is 4.63. The zero-order valence-corrected chi connectivity index (χ0v) is 15.5. The Hall–Kier alpha value is -2.88. The van der Waals surface area contributed by atoms with Crippen molar-refractivity contribution in [2.24, 2.45) is 0 Å². The van der Waals surface area contributed by atoms with Crippen LogP contribution in [-0.4, -0.2) is 60.9 Å². The summed E-state index contributed by atoms with van der Waals surface area (Å²) >= 11 is 1.28. The van der Waals surface area contributed by atoms with E-state index in [1.54, 1.807) is 44.2 Å². The Balaban J connectivity index is 1.69. The van der Waals surface area contributed by atoms with Crippen molar-refractivity contribution in [3.05, 3.63) is 23.2 Å². The Morgan fingerprint density at radius 1 is 1.27 bits per heavy atom. The molecule has 3 rings (SSSR count). The van der Waals surface area contributed by atoms with Gasteiger partial charge in [-0.15, -0.1) is 10.2 Å². The SMILES string of the molecule is COc1ccc(OC)c(N2CCN(CC(=O)Nc3nnc(C)s3)C2=O)c1. The van der Waals surface area contributed by atoms with Crippen molar-refractivity contribution in [3.8, 4) is 11.5 Å². The van der Waals surface area contributed by atoms with Crippen LogP contribution in [0, 0.1) is 6.92 Å². The van der Waals surface area contributed by atoms with Crippen LogP contribution >= 0.6 is 11.3 Å². The van der Waals surface area contributed by atoms with Gasteiger partial charge in [-0.25, -0.2) is 4.79 Å². The normalized spacial score (nSPS) is 13.9. The lowest BCUT2D eigenvalue weighted by Crippen LogP contribution is -2.37. The summed E-state index contributed by atoms with van der Waals surface area (Å²) in [4.78, 5) is 27.9. The first-order valence-corrected chi connectivity index (χ1v) is 8.72. The summed E-state index contributed by atoms with van der Waals surface area (Å²) in [7, 11) is 3.10. The van der Waals surface area contributed by atoms with E-state index in [9.17, 15) is 9.59 Å². The standard InChI is InChI=1S/C16H19N5O4S/c1-10-18-19-15(26-10)17-14(22)9-20-6-7-21(16(20)23)12-8-11(24-2)4-5-13(12)25-3/h4-5,8H,6-7,9H2,1-3H3,(H,17,19,22). The first kappa shape index (κ1) is 17.9. The third-order valence-electron chi connectivity index (χ3n) is 3.88. The Kier molecular flexibility index (Phi) is 5.21. The highest BCUT2D eigenvalue weighted by Gasteiger charge is 2.32. The minimum Gasteiger partial charge on any atom is -0.497 e. The fraction of sp³-hybridized carbons (Fsp3) is 0.375. The van der Waals surface area contributed by atoms with Crippen molar-refractivity contribution in [1.29, 1.82) is 0 Å². The quantitative estimate of drug-likeness (QED) is 0.824. The average molecular weight is 377 g/mol. The molecule has 138 valence electrons. The molecule has 9 nitrogen and oxygen atoms in total. The Labute approximate surface area is 154 Å². The number of nitrogens with one attached hydrogen (secondary N) is 1. The number of hydrogen-bond donors (Lipinski definition) is 1. The van der Waals surface area contributed by atoms with E-state index in [1.807, 2.05) is 0 Å². The predicted octanol–water partition coefficient (Wildman–Crippen LogP) is 1.74. The lowest BCUT2D eigenvalue weighted by molar-refractivity contribution is -0.116. The van der Waals surface area contributed by atoms with E-state index in [0.717, 1.165) is 5.01 Å². The van der Waals surface area contributed by atoms with Gasteiger partial charge in [-0.1, -0.05) is 11.3 Å². The van der Waals surface area contributed by atoms with Gasteiger partial charge in [-0.2, -0.15) is 0 Å². The van der Waals surface area contributed by atoms with Crippen LogP contribution in [0.25, 0.3) is 0 Å². The van der Waals surface area contributed by atoms with Crippen molar-refractivity contribution < 1.29 is 19.1 Å². The van der Waals surface area contributed by atoms with Gasteiger partial charge in [0.1, 0.15) is 23.1 Å². The van der Waals surface area contributed by atoms with Crippen molar-refractivity contribution in [3.63, 3.8) is 0 Å². The summed E-state index contributed by atoms with van der Waals surface area (Å²) < 4.78 is 10.6. The summed E-state index contributed by atoms with van der Waals surface area (Å²) in [5.74, 6) is 0.875. The molecule has 0 aliphatic carbocycles. The molecule has 1 saturated heterocycles. The lowest BCUT2D eigenvalue weighted by Gasteiger charge is -2.20. The van der Waals surface area contributed by atoms with Crippen LogP contribution in [0.4, 0.5) is 15.6 Å². The van der Waals surface area contributed by atoms with Crippen LogP contribution in [0.2, 0.25) is 0 Å². The molecule has 0 atom stereocenters. The molecule has 1 aromatic carbocycles. The predicted molar refractivity (Wildman–Crippen MR) is 97.1 cm³/mol.